The Morgan fingerprint density at radius 3 is 2.25 bits per heavy atom. The third-order valence-electron chi connectivity index (χ3n) is 4.06. The van der Waals surface area contributed by atoms with E-state index in [0.717, 1.165) is 10.6 Å². The highest BCUT2D eigenvalue weighted by atomic mass is 35.5. The van der Waals surface area contributed by atoms with E-state index in [1.54, 1.807) is 0 Å². The van der Waals surface area contributed by atoms with Gasteiger partial charge in [0, 0.05) is 16.5 Å². The summed E-state index contributed by atoms with van der Waals surface area (Å²) in [5, 5.41) is 4.27. The van der Waals surface area contributed by atoms with Gasteiger partial charge in [0.1, 0.15) is 0 Å². The Morgan fingerprint density at radius 2 is 1.70 bits per heavy atom. The molecular weight excluding hydrogens is 266 g/mol. The van der Waals surface area contributed by atoms with Crippen molar-refractivity contribution in [3.8, 4) is 0 Å². The van der Waals surface area contributed by atoms with Crippen LogP contribution in [0.4, 0.5) is 0 Å². The number of nitrogens with one attached hydrogen (secondary N) is 1. The molecule has 0 saturated heterocycles. The van der Waals surface area contributed by atoms with Crippen LogP contribution in [-0.4, -0.2) is 7.05 Å². The average molecular weight is 288 g/mol. The van der Waals surface area contributed by atoms with Gasteiger partial charge in [0.05, 0.1) is 0 Å². The van der Waals surface area contributed by atoms with Crippen molar-refractivity contribution in [1.82, 2.24) is 5.32 Å². The Kier molecular flexibility index (Phi) is 4.52. The van der Waals surface area contributed by atoms with Gasteiger partial charge in [-0.2, -0.15) is 0 Å². The van der Waals surface area contributed by atoms with Crippen LogP contribution in [-0.2, 0) is 5.41 Å². The van der Waals surface area contributed by atoms with E-state index < -0.39 is 0 Å². The minimum atomic E-state index is -0.0192. The molecule has 0 amide bonds. The molecule has 1 atom stereocenters. The van der Waals surface area contributed by atoms with Gasteiger partial charge in [0.15, 0.2) is 0 Å². The van der Waals surface area contributed by atoms with Crippen molar-refractivity contribution in [3.05, 3.63) is 70.2 Å². The van der Waals surface area contributed by atoms with Crippen LogP contribution in [0.3, 0.4) is 0 Å². The van der Waals surface area contributed by atoms with Crippen LogP contribution in [0, 0.1) is 6.92 Å². The molecule has 1 unspecified atom stereocenters. The van der Waals surface area contributed by atoms with Crippen molar-refractivity contribution in [2.75, 3.05) is 7.05 Å². The highest BCUT2D eigenvalue weighted by molar-refractivity contribution is 6.31. The van der Waals surface area contributed by atoms with E-state index in [0.29, 0.717) is 0 Å². The number of aryl methyl sites for hydroxylation is 1. The molecule has 1 N–H and O–H groups in total. The molecule has 0 spiro atoms. The normalized spacial score (nSPS) is 13.2. The fourth-order valence-corrected chi connectivity index (χ4v) is 2.96. The lowest BCUT2D eigenvalue weighted by molar-refractivity contribution is 0.368. The zero-order chi connectivity index (χ0) is 14.8. The van der Waals surface area contributed by atoms with E-state index in [9.17, 15) is 0 Å². The highest BCUT2D eigenvalue weighted by Crippen LogP contribution is 2.37. The fourth-order valence-electron chi connectivity index (χ4n) is 2.77. The molecule has 20 heavy (non-hydrogen) atoms. The lowest BCUT2D eigenvalue weighted by Crippen LogP contribution is -2.35. The second kappa shape index (κ2) is 5.99. The summed E-state index contributed by atoms with van der Waals surface area (Å²) in [6.07, 6.45) is 0. The van der Waals surface area contributed by atoms with Crippen LogP contribution in [0.15, 0.2) is 48.5 Å². The Balaban J connectivity index is 2.43. The monoisotopic (exact) mass is 287 g/mol. The largest absolute Gasteiger partial charge is 0.312 e. The summed E-state index contributed by atoms with van der Waals surface area (Å²) in [6, 6.07) is 17.1. The Labute approximate surface area is 127 Å². The SMILES string of the molecule is CNC(c1ccc(C)c(Cl)c1)C(C)(C)c1ccccc1. The minimum absolute atomic E-state index is 0.0192. The average Bonchev–Trinajstić information content (AvgIpc) is 2.44. The van der Waals surface area contributed by atoms with Gasteiger partial charge in [-0.15, -0.1) is 0 Å². The minimum Gasteiger partial charge on any atom is -0.312 e. The van der Waals surface area contributed by atoms with Crippen molar-refractivity contribution in [1.29, 1.82) is 0 Å². The van der Waals surface area contributed by atoms with Gasteiger partial charge in [-0.25, -0.2) is 0 Å². The van der Waals surface area contributed by atoms with Crippen LogP contribution in [0.5, 0.6) is 0 Å². The van der Waals surface area contributed by atoms with Crippen LogP contribution in [0.1, 0.15) is 36.6 Å². The van der Waals surface area contributed by atoms with Crippen LogP contribution in [0.25, 0.3) is 0 Å². The summed E-state index contributed by atoms with van der Waals surface area (Å²) in [6.45, 7) is 6.55. The smallest absolute Gasteiger partial charge is 0.0438 e. The fraction of sp³-hybridized carbons (Fsp3) is 0.333. The summed E-state index contributed by atoms with van der Waals surface area (Å²) in [5.74, 6) is 0. The zero-order valence-electron chi connectivity index (χ0n) is 12.6. The molecule has 0 saturated carbocycles. The van der Waals surface area contributed by atoms with Crippen molar-refractivity contribution < 1.29 is 0 Å². The molecule has 0 fully saturated rings. The molecule has 0 bridgehead atoms. The summed E-state index contributed by atoms with van der Waals surface area (Å²) < 4.78 is 0. The molecule has 0 aliphatic heterocycles. The first-order valence-electron chi connectivity index (χ1n) is 6.95. The van der Waals surface area contributed by atoms with E-state index in [1.807, 2.05) is 14.0 Å². The molecule has 0 aromatic heterocycles. The van der Waals surface area contributed by atoms with E-state index in [1.165, 1.54) is 11.1 Å². The first kappa shape index (κ1) is 15.1. The van der Waals surface area contributed by atoms with Gasteiger partial charge in [-0.3, -0.25) is 0 Å². The van der Waals surface area contributed by atoms with Crippen LogP contribution in [0.2, 0.25) is 5.02 Å². The lowest BCUT2D eigenvalue weighted by atomic mass is 9.75. The molecule has 2 heteroatoms. The van der Waals surface area contributed by atoms with Crippen LogP contribution >= 0.6 is 11.6 Å². The predicted octanol–water partition coefficient (Wildman–Crippen LogP) is 4.89. The number of halogens is 1. The number of hydrogen-bond acceptors (Lipinski definition) is 1. The standard InChI is InChI=1S/C18H22ClN/c1-13-10-11-14(12-16(13)19)17(20-4)18(2,3)15-8-6-5-7-9-15/h5-12,17,20H,1-4H3. The number of rotatable bonds is 4. The molecule has 2 rings (SSSR count). The number of hydrogen-bond donors (Lipinski definition) is 1. The van der Waals surface area contributed by atoms with Gasteiger partial charge in [-0.05, 0) is 36.7 Å². The topological polar surface area (TPSA) is 12.0 Å². The maximum atomic E-state index is 6.28. The first-order chi connectivity index (χ1) is 9.46. The van der Waals surface area contributed by atoms with Crippen molar-refractivity contribution >= 4 is 11.6 Å². The highest BCUT2D eigenvalue weighted by Gasteiger charge is 2.31. The third kappa shape index (κ3) is 2.89. The second-order valence-electron chi connectivity index (χ2n) is 5.82. The van der Waals surface area contributed by atoms with Crippen LogP contribution < -0.4 is 5.32 Å². The van der Waals surface area contributed by atoms with Crippen molar-refractivity contribution in [3.63, 3.8) is 0 Å². The molecule has 1 nitrogen and oxygen atoms in total. The Hall–Kier alpha value is -1.31. The van der Waals surface area contributed by atoms with Crippen molar-refractivity contribution in [2.24, 2.45) is 0 Å². The molecule has 0 aliphatic rings. The second-order valence-corrected chi connectivity index (χ2v) is 6.23. The van der Waals surface area contributed by atoms with Gasteiger partial charge >= 0.3 is 0 Å². The molecule has 106 valence electrons. The van der Waals surface area contributed by atoms with Gasteiger partial charge in [-0.1, -0.05) is 67.9 Å². The predicted molar refractivity (Wildman–Crippen MR) is 87.5 cm³/mol. The Morgan fingerprint density at radius 1 is 1.05 bits per heavy atom. The first-order valence-corrected chi connectivity index (χ1v) is 7.33. The maximum absolute atomic E-state index is 6.28. The quantitative estimate of drug-likeness (QED) is 0.844. The van der Waals surface area contributed by atoms with Crippen molar-refractivity contribution in [2.45, 2.75) is 32.2 Å². The van der Waals surface area contributed by atoms with E-state index in [2.05, 4.69) is 67.7 Å². The summed E-state index contributed by atoms with van der Waals surface area (Å²) in [5.41, 5.74) is 3.63. The van der Waals surface area contributed by atoms with E-state index >= 15 is 0 Å². The van der Waals surface area contributed by atoms with E-state index in [-0.39, 0.29) is 11.5 Å². The molecule has 2 aromatic carbocycles. The zero-order valence-corrected chi connectivity index (χ0v) is 13.3. The third-order valence-corrected chi connectivity index (χ3v) is 4.46. The summed E-state index contributed by atoms with van der Waals surface area (Å²) >= 11 is 6.28. The molecule has 0 radical (unpaired) electrons. The number of benzene rings is 2. The Bertz CT molecular complexity index is 575. The van der Waals surface area contributed by atoms with Gasteiger partial charge in [0.25, 0.3) is 0 Å². The van der Waals surface area contributed by atoms with E-state index in [4.69, 9.17) is 11.6 Å². The van der Waals surface area contributed by atoms with Gasteiger partial charge < -0.3 is 5.32 Å². The summed E-state index contributed by atoms with van der Waals surface area (Å²) in [4.78, 5) is 0. The molecular formula is C18H22ClN. The van der Waals surface area contributed by atoms with Gasteiger partial charge in [0.2, 0.25) is 0 Å². The molecule has 0 heterocycles. The number of likely N-dealkylation sites (N-methyl/N-ethyl adjacent to an activating group) is 1. The lowest BCUT2D eigenvalue weighted by Gasteiger charge is -2.35. The molecule has 0 aliphatic carbocycles. The maximum Gasteiger partial charge on any atom is 0.0438 e. The molecule has 2 aromatic rings. The summed E-state index contributed by atoms with van der Waals surface area (Å²) in [7, 11) is 2.00.